The van der Waals surface area contributed by atoms with Gasteiger partial charge in [-0.25, -0.2) is 0 Å². The Bertz CT molecular complexity index is 704. The Kier molecular flexibility index (Phi) is 6.35. The summed E-state index contributed by atoms with van der Waals surface area (Å²) in [4.78, 5) is 0. The number of nitrogens with one attached hydrogen (secondary N) is 2. The third kappa shape index (κ3) is 5.11. The van der Waals surface area contributed by atoms with Crippen LogP contribution in [0.5, 0.6) is 0 Å². The summed E-state index contributed by atoms with van der Waals surface area (Å²) < 4.78 is 0. The lowest BCUT2D eigenvalue weighted by molar-refractivity contribution is 1.02. The van der Waals surface area contributed by atoms with Gasteiger partial charge in [0.25, 0.3) is 0 Å². The van der Waals surface area contributed by atoms with Crippen LogP contribution in [0.25, 0.3) is 0 Å². The molecule has 6 N–H and O–H groups in total. The van der Waals surface area contributed by atoms with E-state index in [1.54, 1.807) is 0 Å². The number of rotatable bonds is 5. The van der Waals surface area contributed by atoms with E-state index < -0.39 is 0 Å². The molecule has 122 valence electrons. The maximum absolute atomic E-state index is 5.50. The average molecular weight is 356 g/mol. The fourth-order valence-electron chi connectivity index (χ4n) is 1.92. The number of hydrazone groups is 2. The van der Waals surface area contributed by atoms with Gasteiger partial charge in [0, 0.05) is 11.1 Å². The lowest BCUT2D eigenvalue weighted by Crippen LogP contribution is -2.31. The number of thiocarbonyl (C=S) groups is 2. The highest BCUT2D eigenvalue weighted by Gasteiger charge is 2.15. The molecule has 6 nitrogen and oxygen atoms in total. The van der Waals surface area contributed by atoms with Gasteiger partial charge in [-0.1, -0.05) is 60.7 Å². The maximum Gasteiger partial charge on any atom is 0.184 e. The molecule has 0 radical (unpaired) electrons. The molecule has 0 aliphatic carbocycles. The number of benzene rings is 2. The molecule has 0 aliphatic rings. The molecule has 0 saturated heterocycles. The van der Waals surface area contributed by atoms with Crippen molar-refractivity contribution in [1.29, 1.82) is 0 Å². The minimum absolute atomic E-state index is 0.0538. The number of nitrogens with two attached hydrogens (primary N) is 2. The summed E-state index contributed by atoms with van der Waals surface area (Å²) in [6.45, 7) is 0. The van der Waals surface area contributed by atoms with E-state index in [1.807, 2.05) is 60.7 Å². The van der Waals surface area contributed by atoms with Gasteiger partial charge in [-0.2, -0.15) is 10.2 Å². The van der Waals surface area contributed by atoms with Crippen LogP contribution >= 0.6 is 24.4 Å². The SMILES string of the molecule is NC(=S)N/N=C(/C(=N/NC(N)=S)c1ccccc1)c1ccccc1. The largest absolute Gasteiger partial charge is 0.375 e. The standard InChI is InChI=1S/C16H16N6S2/c17-15(23)21-19-13(11-7-3-1-4-8-11)14(20-22-16(18)24)12-9-5-2-6-10-12/h1-10H,(H3,17,21,23)(H3,18,22,24)/b19-13+,20-14+. The van der Waals surface area contributed by atoms with Gasteiger partial charge in [0.2, 0.25) is 0 Å². The van der Waals surface area contributed by atoms with Crippen LogP contribution in [0.1, 0.15) is 11.1 Å². The van der Waals surface area contributed by atoms with Crippen molar-refractivity contribution >= 4 is 46.1 Å². The molecule has 24 heavy (non-hydrogen) atoms. The third-order valence-electron chi connectivity index (χ3n) is 2.87. The minimum atomic E-state index is 0.0538. The van der Waals surface area contributed by atoms with Crippen molar-refractivity contribution < 1.29 is 0 Å². The van der Waals surface area contributed by atoms with E-state index in [9.17, 15) is 0 Å². The molecule has 0 heterocycles. The van der Waals surface area contributed by atoms with Crippen LogP contribution in [0, 0.1) is 0 Å². The molecule has 0 atom stereocenters. The van der Waals surface area contributed by atoms with Gasteiger partial charge < -0.3 is 11.5 Å². The highest BCUT2D eigenvalue weighted by Crippen LogP contribution is 2.10. The first-order valence-corrected chi connectivity index (χ1v) is 7.77. The Balaban J connectivity index is 2.56. The maximum atomic E-state index is 5.50. The predicted octanol–water partition coefficient (Wildman–Crippen LogP) is 1.46. The van der Waals surface area contributed by atoms with Gasteiger partial charge in [0.1, 0.15) is 11.4 Å². The molecule has 8 heteroatoms. The lowest BCUT2D eigenvalue weighted by Gasteiger charge is -2.11. The molecule has 0 aromatic heterocycles. The van der Waals surface area contributed by atoms with E-state index in [0.717, 1.165) is 11.1 Å². The van der Waals surface area contributed by atoms with Gasteiger partial charge in [0.05, 0.1) is 0 Å². The molecule has 2 aromatic rings. The smallest absolute Gasteiger partial charge is 0.184 e. The van der Waals surface area contributed by atoms with Crippen molar-refractivity contribution in [2.45, 2.75) is 0 Å². The molecule has 2 aromatic carbocycles. The molecule has 0 unspecified atom stereocenters. The van der Waals surface area contributed by atoms with E-state index in [-0.39, 0.29) is 10.2 Å². The molecular formula is C16H16N6S2. The fourth-order valence-corrected chi connectivity index (χ4v) is 2.01. The molecular weight excluding hydrogens is 340 g/mol. The second kappa shape index (κ2) is 8.70. The van der Waals surface area contributed by atoms with Crippen molar-refractivity contribution in [2.24, 2.45) is 21.7 Å². The quantitative estimate of drug-likeness (QED) is 0.368. The summed E-state index contributed by atoms with van der Waals surface area (Å²) in [6, 6.07) is 19.0. The summed E-state index contributed by atoms with van der Waals surface area (Å²) in [7, 11) is 0. The van der Waals surface area contributed by atoms with Crippen LogP contribution in [0.3, 0.4) is 0 Å². The Morgan fingerprint density at radius 3 is 1.29 bits per heavy atom. The molecule has 0 spiro atoms. The molecule has 0 aliphatic heterocycles. The van der Waals surface area contributed by atoms with Crippen molar-refractivity contribution in [2.75, 3.05) is 0 Å². The predicted molar refractivity (Wildman–Crippen MR) is 106 cm³/mol. The zero-order chi connectivity index (χ0) is 17.4. The van der Waals surface area contributed by atoms with Crippen LogP contribution < -0.4 is 22.3 Å². The van der Waals surface area contributed by atoms with Crippen LogP contribution in [-0.2, 0) is 0 Å². The summed E-state index contributed by atoms with van der Waals surface area (Å²) in [5.74, 6) is 0. The van der Waals surface area contributed by atoms with Crippen LogP contribution in [0.4, 0.5) is 0 Å². The second-order valence-corrected chi connectivity index (χ2v) is 5.48. The summed E-state index contributed by atoms with van der Waals surface area (Å²) >= 11 is 9.67. The van der Waals surface area contributed by atoms with Crippen molar-refractivity contribution in [3.63, 3.8) is 0 Å². The average Bonchev–Trinajstić information content (AvgIpc) is 2.59. The van der Waals surface area contributed by atoms with Crippen LogP contribution in [0.15, 0.2) is 70.9 Å². The van der Waals surface area contributed by atoms with Gasteiger partial charge in [-0.3, -0.25) is 10.9 Å². The first kappa shape index (κ1) is 17.5. The molecule has 0 bridgehead atoms. The number of hydrogen-bond acceptors (Lipinski definition) is 4. The van der Waals surface area contributed by atoms with Gasteiger partial charge >= 0.3 is 0 Å². The Morgan fingerprint density at radius 1 is 0.667 bits per heavy atom. The first-order chi connectivity index (χ1) is 11.6. The topological polar surface area (TPSA) is 101 Å². The van der Waals surface area contributed by atoms with E-state index >= 15 is 0 Å². The Morgan fingerprint density at radius 2 is 1.00 bits per heavy atom. The van der Waals surface area contributed by atoms with Gasteiger partial charge in [-0.05, 0) is 24.4 Å². The molecule has 0 amide bonds. The van der Waals surface area contributed by atoms with E-state index in [0.29, 0.717) is 11.4 Å². The highest BCUT2D eigenvalue weighted by atomic mass is 32.1. The first-order valence-electron chi connectivity index (χ1n) is 6.95. The number of hydrogen-bond donors (Lipinski definition) is 4. The van der Waals surface area contributed by atoms with E-state index in [2.05, 4.69) is 21.1 Å². The van der Waals surface area contributed by atoms with Crippen LogP contribution in [-0.4, -0.2) is 21.6 Å². The molecule has 0 fully saturated rings. The van der Waals surface area contributed by atoms with Gasteiger partial charge in [-0.15, -0.1) is 0 Å². The van der Waals surface area contributed by atoms with E-state index in [4.69, 9.17) is 35.9 Å². The monoisotopic (exact) mass is 356 g/mol. The Labute approximate surface area is 150 Å². The fraction of sp³-hybridized carbons (Fsp3) is 0. The zero-order valence-electron chi connectivity index (χ0n) is 12.6. The summed E-state index contributed by atoms with van der Waals surface area (Å²) in [6.07, 6.45) is 0. The number of nitrogens with zero attached hydrogens (tertiary/aromatic N) is 2. The van der Waals surface area contributed by atoms with E-state index in [1.165, 1.54) is 0 Å². The zero-order valence-corrected chi connectivity index (χ0v) is 14.3. The second-order valence-electron chi connectivity index (χ2n) is 4.60. The summed E-state index contributed by atoms with van der Waals surface area (Å²) in [5, 5.41) is 8.70. The molecule has 0 saturated carbocycles. The lowest BCUT2D eigenvalue weighted by atomic mass is 10.00. The van der Waals surface area contributed by atoms with Crippen molar-refractivity contribution in [1.82, 2.24) is 10.9 Å². The van der Waals surface area contributed by atoms with Crippen molar-refractivity contribution in [3.05, 3.63) is 71.8 Å². The molecule has 2 rings (SSSR count). The highest BCUT2D eigenvalue weighted by molar-refractivity contribution is 7.80. The van der Waals surface area contributed by atoms with Gasteiger partial charge in [0.15, 0.2) is 10.2 Å². The summed E-state index contributed by atoms with van der Waals surface area (Å²) in [5.41, 5.74) is 18.9. The van der Waals surface area contributed by atoms with Crippen molar-refractivity contribution in [3.8, 4) is 0 Å². The third-order valence-corrected chi connectivity index (χ3v) is 3.06. The van der Waals surface area contributed by atoms with Crippen LogP contribution in [0.2, 0.25) is 0 Å². The minimum Gasteiger partial charge on any atom is -0.375 e. The Hall–Kier alpha value is -2.84. The normalized spacial score (nSPS) is 11.7.